The summed E-state index contributed by atoms with van der Waals surface area (Å²) in [7, 11) is 0. The van der Waals surface area contributed by atoms with Gasteiger partial charge in [-0.2, -0.15) is 0 Å². The van der Waals surface area contributed by atoms with E-state index in [2.05, 4.69) is 32.0 Å². The van der Waals surface area contributed by atoms with Gasteiger partial charge >= 0.3 is 0 Å². The highest BCUT2D eigenvalue weighted by Gasteiger charge is 2.06. The lowest BCUT2D eigenvalue weighted by Crippen LogP contribution is -1.82. The molecule has 18 heavy (non-hydrogen) atoms. The zero-order chi connectivity index (χ0) is 12.7. The number of aromatic amines is 1. The maximum atomic E-state index is 6.07. The van der Waals surface area contributed by atoms with Gasteiger partial charge in [0.25, 0.3) is 0 Å². The Bertz CT molecular complexity index is 713. The van der Waals surface area contributed by atoms with Crippen molar-refractivity contribution in [2.24, 2.45) is 0 Å². The average Bonchev–Trinajstić information content (AvgIpc) is 2.70. The van der Waals surface area contributed by atoms with E-state index in [1.54, 1.807) is 0 Å². The second-order valence-electron chi connectivity index (χ2n) is 4.26. The van der Waals surface area contributed by atoms with E-state index in [4.69, 9.17) is 11.6 Å². The number of H-pyrrole nitrogens is 1. The number of halogens is 2. The lowest BCUT2D eigenvalue weighted by Gasteiger charge is -2.00. The lowest BCUT2D eigenvalue weighted by atomic mass is 10.1. The van der Waals surface area contributed by atoms with Crippen LogP contribution < -0.4 is 0 Å². The number of imidazole rings is 1. The van der Waals surface area contributed by atoms with E-state index in [9.17, 15) is 0 Å². The highest BCUT2D eigenvalue weighted by molar-refractivity contribution is 9.10. The Hall–Kier alpha value is -1.32. The van der Waals surface area contributed by atoms with Crippen LogP contribution in [0.5, 0.6) is 0 Å². The van der Waals surface area contributed by atoms with E-state index >= 15 is 0 Å². The smallest absolute Gasteiger partial charge is 0.138 e. The molecule has 0 saturated carbocycles. The lowest BCUT2D eigenvalue weighted by molar-refractivity contribution is 1.32. The highest BCUT2D eigenvalue weighted by Crippen LogP contribution is 2.26. The largest absolute Gasteiger partial charge is 0.338 e. The molecule has 1 N–H and O–H groups in total. The van der Waals surface area contributed by atoms with Crippen LogP contribution in [-0.4, -0.2) is 9.97 Å². The molecule has 0 unspecified atom stereocenters. The zero-order valence-corrected chi connectivity index (χ0v) is 12.0. The summed E-state index contributed by atoms with van der Waals surface area (Å²) in [5.74, 6) is 0.841. The first-order valence-corrected chi connectivity index (χ1v) is 6.72. The zero-order valence-electron chi connectivity index (χ0n) is 9.67. The van der Waals surface area contributed by atoms with E-state index in [0.29, 0.717) is 0 Å². The summed E-state index contributed by atoms with van der Waals surface area (Å²) in [5, 5.41) is 0.728. The molecule has 1 aromatic heterocycles. The van der Waals surface area contributed by atoms with Crippen LogP contribution in [0.25, 0.3) is 22.4 Å². The molecule has 0 aliphatic carbocycles. The van der Waals surface area contributed by atoms with E-state index in [-0.39, 0.29) is 0 Å². The van der Waals surface area contributed by atoms with Crippen LogP contribution in [0.4, 0.5) is 0 Å². The molecule has 0 fully saturated rings. The fourth-order valence-corrected chi connectivity index (χ4v) is 2.64. The number of benzene rings is 2. The first kappa shape index (κ1) is 11.8. The van der Waals surface area contributed by atoms with Crippen LogP contribution in [0.3, 0.4) is 0 Å². The topological polar surface area (TPSA) is 28.7 Å². The molecule has 1 heterocycles. The molecule has 0 aliphatic rings. The molecule has 4 heteroatoms. The fourth-order valence-electron chi connectivity index (χ4n) is 1.99. The van der Waals surface area contributed by atoms with Crippen LogP contribution in [0, 0.1) is 6.92 Å². The number of nitrogens with one attached hydrogen (secondary N) is 1. The molecule has 2 nitrogen and oxygen atoms in total. The second-order valence-corrected chi connectivity index (χ2v) is 5.62. The number of hydrogen-bond donors (Lipinski definition) is 1. The second kappa shape index (κ2) is 4.41. The quantitative estimate of drug-likeness (QED) is 0.674. The van der Waals surface area contributed by atoms with Crippen LogP contribution in [0.1, 0.15) is 5.56 Å². The first-order chi connectivity index (χ1) is 8.61. The van der Waals surface area contributed by atoms with Crippen molar-refractivity contribution in [3.63, 3.8) is 0 Å². The van der Waals surface area contributed by atoms with Crippen molar-refractivity contribution in [1.82, 2.24) is 9.97 Å². The van der Waals surface area contributed by atoms with E-state index < -0.39 is 0 Å². The molecular weight excluding hydrogens is 312 g/mol. The molecule has 0 atom stereocenters. The third-order valence-corrected chi connectivity index (χ3v) is 3.47. The Labute approximate surface area is 118 Å². The Kier molecular flexibility index (Phi) is 2.88. The third kappa shape index (κ3) is 2.16. The highest BCUT2D eigenvalue weighted by atomic mass is 79.9. The molecule has 0 radical (unpaired) electrons. The molecule has 3 rings (SSSR count). The Balaban J connectivity index is 2.19. The number of hydrogen-bond acceptors (Lipinski definition) is 1. The molecule has 90 valence electrons. The minimum Gasteiger partial charge on any atom is -0.338 e. The van der Waals surface area contributed by atoms with Crippen molar-refractivity contribution in [3.05, 3.63) is 51.5 Å². The Morgan fingerprint density at radius 2 is 2.00 bits per heavy atom. The minimum atomic E-state index is 0.728. The van der Waals surface area contributed by atoms with Crippen molar-refractivity contribution < 1.29 is 0 Å². The van der Waals surface area contributed by atoms with Gasteiger partial charge < -0.3 is 4.98 Å². The summed E-state index contributed by atoms with van der Waals surface area (Å²) in [6, 6.07) is 11.9. The number of aromatic nitrogens is 2. The summed E-state index contributed by atoms with van der Waals surface area (Å²) < 4.78 is 1.03. The van der Waals surface area contributed by atoms with Gasteiger partial charge in [0, 0.05) is 15.1 Å². The van der Waals surface area contributed by atoms with E-state index in [1.165, 1.54) is 0 Å². The van der Waals surface area contributed by atoms with Crippen molar-refractivity contribution in [1.29, 1.82) is 0 Å². The van der Waals surface area contributed by atoms with Gasteiger partial charge in [0.15, 0.2) is 0 Å². The third-order valence-electron chi connectivity index (χ3n) is 2.76. The molecule has 0 amide bonds. The van der Waals surface area contributed by atoms with E-state index in [1.807, 2.05) is 37.3 Å². The molecular formula is C14H10BrClN2. The first-order valence-electron chi connectivity index (χ1n) is 5.55. The SMILES string of the molecule is Cc1cc(Cl)cc(-c2nc3ccc(Br)cc3[nH]2)c1. The van der Waals surface area contributed by atoms with Crippen molar-refractivity contribution in [2.75, 3.05) is 0 Å². The van der Waals surface area contributed by atoms with Gasteiger partial charge in [-0.05, 0) is 48.9 Å². The molecule has 0 aliphatic heterocycles. The van der Waals surface area contributed by atoms with Gasteiger partial charge in [-0.15, -0.1) is 0 Å². The predicted octanol–water partition coefficient (Wildman–Crippen LogP) is 4.95. The van der Waals surface area contributed by atoms with Crippen LogP contribution >= 0.6 is 27.5 Å². The van der Waals surface area contributed by atoms with Crippen molar-refractivity contribution in [2.45, 2.75) is 6.92 Å². The number of rotatable bonds is 1. The molecule has 3 aromatic rings. The van der Waals surface area contributed by atoms with Gasteiger partial charge in [0.2, 0.25) is 0 Å². The maximum absolute atomic E-state index is 6.07. The summed E-state index contributed by atoms with van der Waals surface area (Å²) in [4.78, 5) is 7.88. The molecule has 0 bridgehead atoms. The van der Waals surface area contributed by atoms with Crippen LogP contribution in [0.2, 0.25) is 5.02 Å². The Morgan fingerprint density at radius 3 is 2.78 bits per heavy atom. The molecule has 0 saturated heterocycles. The summed E-state index contributed by atoms with van der Waals surface area (Å²) in [6.07, 6.45) is 0. The van der Waals surface area contributed by atoms with Gasteiger partial charge in [-0.25, -0.2) is 4.98 Å². The van der Waals surface area contributed by atoms with E-state index in [0.717, 1.165) is 37.5 Å². The molecule has 2 aromatic carbocycles. The maximum Gasteiger partial charge on any atom is 0.138 e. The standard InChI is InChI=1S/C14H10BrClN2/c1-8-4-9(6-11(16)5-8)14-17-12-3-2-10(15)7-13(12)18-14/h2-7H,1H3,(H,17,18). The predicted molar refractivity (Wildman–Crippen MR) is 79.0 cm³/mol. The van der Waals surface area contributed by atoms with Gasteiger partial charge in [0.05, 0.1) is 11.0 Å². The van der Waals surface area contributed by atoms with Gasteiger partial charge in [0.1, 0.15) is 5.82 Å². The van der Waals surface area contributed by atoms with Gasteiger partial charge in [-0.3, -0.25) is 0 Å². The summed E-state index contributed by atoms with van der Waals surface area (Å²) >= 11 is 9.53. The summed E-state index contributed by atoms with van der Waals surface area (Å²) in [5.41, 5.74) is 4.09. The average molecular weight is 322 g/mol. The normalized spacial score (nSPS) is 11.1. The van der Waals surface area contributed by atoms with Crippen molar-refractivity contribution >= 4 is 38.6 Å². The van der Waals surface area contributed by atoms with Crippen LogP contribution in [-0.2, 0) is 0 Å². The Morgan fingerprint density at radius 1 is 1.17 bits per heavy atom. The minimum absolute atomic E-state index is 0.728. The van der Waals surface area contributed by atoms with Crippen LogP contribution in [0.15, 0.2) is 40.9 Å². The number of fused-ring (bicyclic) bond motifs is 1. The number of nitrogens with zero attached hydrogens (tertiary/aromatic N) is 1. The van der Waals surface area contributed by atoms with Gasteiger partial charge in [-0.1, -0.05) is 27.5 Å². The van der Waals surface area contributed by atoms with Crippen molar-refractivity contribution in [3.8, 4) is 11.4 Å². The number of aryl methyl sites for hydroxylation is 1. The molecule has 0 spiro atoms. The monoisotopic (exact) mass is 320 g/mol. The summed E-state index contributed by atoms with van der Waals surface area (Å²) in [6.45, 7) is 2.02. The fraction of sp³-hybridized carbons (Fsp3) is 0.0714.